The number of benzene rings is 2. The van der Waals surface area contributed by atoms with E-state index in [2.05, 4.69) is 9.88 Å². The van der Waals surface area contributed by atoms with Gasteiger partial charge < -0.3 is 14.9 Å². The quantitative estimate of drug-likeness (QED) is 0.321. The molecule has 0 bridgehead atoms. The number of fused-ring (bicyclic) bond motifs is 2. The van der Waals surface area contributed by atoms with E-state index in [9.17, 15) is 27.2 Å². The number of rotatable bonds is 7. The second-order valence-corrected chi connectivity index (χ2v) is 10.9. The largest absolute Gasteiger partial charge is 0.451 e. The molecule has 6 rings (SSSR count). The van der Waals surface area contributed by atoms with Gasteiger partial charge in [-0.2, -0.15) is 13.2 Å². The number of nitrogens with zero attached hydrogens (tertiary/aromatic N) is 4. The summed E-state index contributed by atoms with van der Waals surface area (Å²) in [5, 5.41) is 0. The predicted octanol–water partition coefficient (Wildman–Crippen LogP) is 3.93. The average molecular weight is 600 g/mol. The van der Waals surface area contributed by atoms with Crippen molar-refractivity contribution in [1.82, 2.24) is 19.0 Å². The third kappa shape index (κ3) is 5.43. The zero-order valence-corrected chi connectivity index (χ0v) is 23.0. The van der Waals surface area contributed by atoms with Crippen molar-refractivity contribution in [2.24, 2.45) is 5.73 Å². The van der Waals surface area contributed by atoms with Crippen molar-refractivity contribution >= 4 is 0 Å². The zero-order valence-electron chi connectivity index (χ0n) is 23.0. The molecule has 0 unspecified atom stereocenters. The highest BCUT2D eigenvalue weighted by Crippen LogP contribution is 2.43. The SMILES string of the molecule is N[C@@H](Cn1c(=O)c2c(n(Cc3c(F)cccc3C(F)(F)F)c1=O)COC21CCN(Cc2cocn2)CC1)c1ccccc1. The minimum atomic E-state index is -4.86. The summed E-state index contributed by atoms with van der Waals surface area (Å²) in [5.41, 5.74) is 3.75. The van der Waals surface area contributed by atoms with Gasteiger partial charge in [-0.1, -0.05) is 36.4 Å². The standard InChI is InChI=1S/C30H29F4N5O4/c31-23-8-4-7-22(30(32,33)34)21(23)14-38-25-17-43-29(9-11-37(12-10-29)13-20-16-42-18-36-20)26(25)27(40)39(28(38)41)15-24(35)19-5-2-1-3-6-19/h1-8,16,18,24H,9-15,17,35H2/t24-/m0/s1. The highest BCUT2D eigenvalue weighted by atomic mass is 19.4. The van der Waals surface area contributed by atoms with Crippen LogP contribution in [-0.2, 0) is 42.8 Å². The van der Waals surface area contributed by atoms with Gasteiger partial charge in [0.2, 0.25) is 0 Å². The number of hydrogen-bond acceptors (Lipinski definition) is 7. The maximum absolute atomic E-state index is 15.0. The van der Waals surface area contributed by atoms with Crippen LogP contribution in [0.2, 0.25) is 0 Å². The molecule has 2 N–H and O–H groups in total. The topological polar surface area (TPSA) is 109 Å². The third-order valence-electron chi connectivity index (χ3n) is 8.36. The van der Waals surface area contributed by atoms with Crippen molar-refractivity contribution in [3.8, 4) is 0 Å². The van der Waals surface area contributed by atoms with Gasteiger partial charge in [0.1, 0.15) is 17.7 Å². The van der Waals surface area contributed by atoms with Crippen molar-refractivity contribution in [3.05, 3.63) is 121 Å². The minimum absolute atomic E-state index is 0.154. The Balaban J connectivity index is 1.44. The van der Waals surface area contributed by atoms with E-state index in [1.54, 1.807) is 36.6 Å². The van der Waals surface area contributed by atoms with Crippen LogP contribution in [0.25, 0.3) is 0 Å². The fraction of sp³-hybridized carbons (Fsp3) is 0.367. The van der Waals surface area contributed by atoms with Crippen molar-refractivity contribution in [3.63, 3.8) is 0 Å². The summed E-state index contributed by atoms with van der Waals surface area (Å²) in [6.07, 6.45) is -1.18. The molecular weight excluding hydrogens is 570 g/mol. The molecule has 4 aromatic rings. The Labute approximate surface area is 243 Å². The molecule has 2 aromatic heterocycles. The van der Waals surface area contributed by atoms with Crippen LogP contribution in [0, 0.1) is 5.82 Å². The summed E-state index contributed by atoms with van der Waals surface area (Å²) in [6.45, 7) is 0.445. The van der Waals surface area contributed by atoms with Crippen LogP contribution in [0.5, 0.6) is 0 Å². The Bertz CT molecular complexity index is 1730. The fourth-order valence-corrected chi connectivity index (χ4v) is 6.11. The van der Waals surface area contributed by atoms with Crippen LogP contribution in [0.1, 0.15) is 52.5 Å². The fourth-order valence-electron chi connectivity index (χ4n) is 6.11. The first-order valence-electron chi connectivity index (χ1n) is 13.8. The van der Waals surface area contributed by atoms with Gasteiger partial charge in [0.05, 0.1) is 42.2 Å². The summed E-state index contributed by atoms with van der Waals surface area (Å²) in [5.74, 6) is -1.11. The van der Waals surface area contributed by atoms with E-state index in [-0.39, 0.29) is 24.4 Å². The van der Waals surface area contributed by atoms with E-state index in [1.165, 1.54) is 6.39 Å². The lowest BCUT2D eigenvalue weighted by Crippen LogP contribution is -2.49. The number of nitrogens with two attached hydrogens (primary N) is 1. The second-order valence-electron chi connectivity index (χ2n) is 10.9. The zero-order chi connectivity index (χ0) is 30.4. The summed E-state index contributed by atoms with van der Waals surface area (Å²) in [7, 11) is 0. The van der Waals surface area contributed by atoms with E-state index in [4.69, 9.17) is 14.9 Å². The Morgan fingerprint density at radius 3 is 2.42 bits per heavy atom. The first-order valence-corrected chi connectivity index (χ1v) is 13.8. The number of oxazole rings is 1. The molecule has 1 spiro atoms. The third-order valence-corrected chi connectivity index (χ3v) is 8.36. The molecule has 1 fully saturated rings. The number of hydrogen-bond donors (Lipinski definition) is 1. The van der Waals surface area contributed by atoms with Crippen molar-refractivity contribution < 1.29 is 26.7 Å². The van der Waals surface area contributed by atoms with Crippen LogP contribution in [0.15, 0.2) is 75.2 Å². The Morgan fingerprint density at radius 1 is 1.00 bits per heavy atom. The highest BCUT2D eigenvalue weighted by molar-refractivity contribution is 5.35. The molecule has 9 nitrogen and oxygen atoms in total. The van der Waals surface area contributed by atoms with Crippen LogP contribution in [-0.4, -0.2) is 32.1 Å². The van der Waals surface area contributed by atoms with Crippen molar-refractivity contribution in [2.75, 3.05) is 13.1 Å². The number of piperidine rings is 1. The average Bonchev–Trinajstić information content (AvgIpc) is 3.63. The van der Waals surface area contributed by atoms with E-state index >= 15 is 0 Å². The van der Waals surface area contributed by atoms with Crippen molar-refractivity contribution in [2.45, 2.75) is 56.9 Å². The molecule has 2 aromatic carbocycles. The van der Waals surface area contributed by atoms with E-state index in [0.717, 1.165) is 33.0 Å². The Kier molecular flexibility index (Phi) is 7.57. The van der Waals surface area contributed by atoms with Gasteiger partial charge in [-0.25, -0.2) is 14.2 Å². The summed E-state index contributed by atoms with van der Waals surface area (Å²) >= 11 is 0. The lowest BCUT2D eigenvalue weighted by atomic mass is 9.85. The summed E-state index contributed by atoms with van der Waals surface area (Å²) < 4.78 is 69.9. The number of ether oxygens (including phenoxy) is 1. The van der Waals surface area contributed by atoms with Crippen LogP contribution in [0.4, 0.5) is 17.6 Å². The molecule has 0 amide bonds. The van der Waals surface area contributed by atoms with Crippen molar-refractivity contribution in [1.29, 1.82) is 0 Å². The second kappa shape index (κ2) is 11.2. The first-order chi connectivity index (χ1) is 20.6. The van der Waals surface area contributed by atoms with Gasteiger partial charge in [-0.15, -0.1) is 0 Å². The molecule has 0 radical (unpaired) electrons. The maximum atomic E-state index is 15.0. The predicted molar refractivity (Wildman–Crippen MR) is 146 cm³/mol. The van der Waals surface area contributed by atoms with Crippen LogP contribution < -0.4 is 17.0 Å². The molecular formula is C30H29F4N5O4. The molecule has 0 saturated carbocycles. The van der Waals surface area contributed by atoms with Crippen LogP contribution in [0.3, 0.4) is 0 Å². The Morgan fingerprint density at radius 2 is 1.74 bits per heavy atom. The van der Waals surface area contributed by atoms with Gasteiger partial charge in [-0.3, -0.25) is 18.8 Å². The van der Waals surface area contributed by atoms with E-state index < -0.39 is 52.6 Å². The molecule has 2 aliphatic rings. The summed E-state index contributed by atoms with van der Waals surface area (Å²) in [4.78, 5) is 34.2. The van der Waals surface area contributed by atoms with E-state index in [1.807, 2.05) is 0 Å². The molecule has 2 aliphatic heterocycles. The molecule has 1 atom stereocenters. The minimum Gasteiger partial charge on any atom is -0.451 e. The number of halogens is 4. The van der Waals surface area contributed by atoms with Crippen LogP contribution >= 0.6 is 0 Å². The highest BCUT2D eigenvalue weighted by Gasteiger charge is 2.47. The summed E-state index contributed by atoms with van der Waals surface area (Å²) in [6, 6.07) is 10.7. The maximum Gasteiger partial charge on any atom is 0.416 e. The molecule has 226 valence electrons. The molecule has 4 heterocycles. The van der Waals surface area contributed by atoms with Gasteiger partial charge >= 0.3 is 11.9 Å². The smallest absolute Gasteiger partial charge is 0.416 e. The lowest BCUT2D eigenvalue weighted by Gasteiger charge is -2.38. The number of aromatic nitrogens is 3. The number of alkyl halides is 3. The van der Waals surface area contributed by atoms with Gasteiger partial charge in [0.15, 0.2) is 6.39 Å². The molecule has 43 heavy (non-hydrogen) atoms. The lowest BCUT2D eigenvalue weighted by molar-refractivity contribution is -0.138. The van der Waals surface area contributed by atoms with Gasteiger partial charge in [0, 0.05) is 31.2 Å². The van der Waals surface area contributed by atoms with Gasteiger partial charge in [-0.05, 0) is 30.5 Å². The number of likely N-dealkylation sites (tertiary alicyclic amines) is 1. The van der Waals surface area contributed by atoms with E-state index in [0.29, 0.717) is 38.0 Å². The monoisotopic (exact) mass is 599 g/mol. The first kappa shape index (κ1) is 29.0. The molecule has 1 saturated heterocycles. The molecule has 13 heteroatoms. The Hall–Kier alpha value is -4.07. The normalized spacial score (nSPS) is 17.3. The molecule has 0 aliphatic carbocycles. The van der Waals surface area contributed by atoms with Gasteiger partial charge in [0.25, 0.3) is 5.56 Å².